The van der Waals surface area contributed by atoms with Crippen LogP contribution >= 0.6 is 11.6 Å². The summed E-state index contributed by atoms with van der Waals surface area (Å²) in [4.78, 5) is 2.49. The summed E-state index contributed by atoms with van der Waals surface area (Å²) >= 11 is 6.07. The van der Waals surface area contributed by atoms with E-state index in [9.17, 15) is 0 Å². The second kappa shape index (κ2) is 4.17. The van der Waals surface area contributed by atoms with Crippen molar-refractivity contribution in [3.8, 4) is 0 Å². The summed E-state index contributed by atoms with van der Waals surface area (Å²) in [6.45, 7) is 0.945. The van der Waals surface area contributed by atoms with Crippen LogP contribution in [-0.4, -0.2) is 12.7 Å². The Balaban J connectivity index is 1.86. The molecule has 1 aliphatic carbocycles. The number of benzene rings is 1. The largest absolute Gasteiger partial charge is 0.366 e. The van der Waals surface area contributed by atoms with Gasteiger partial charge in [-0.25, -0.2) is 0 Å². The molecule has 0 spiro atoms. The molecular weight excluding hydrogens is 220 g/mol. The van der Waals surface area contributed by atoms with E-state index >= 15 is 0 Å². The van der Waals surface area contributed by atoms with Crippen LogP contribution in [0.5, 0.6) is 0 Å². The van der Waals surface area contributed by atoms with E-state index in [-0.39, 0.29) is 0 Å². The van der Waals surface area contributed by atoms with E-state index in [2.05, 4.69) is 22.3 Å². The van der Waals surface area contributed by atoms with Crippen molar-refractivity contribution in [2.75, 3.05) is 16.9 Å². The Morgan fingerprint density at radius 3 is 2.81 bits per heavy atom. The maximum Gasteiger partial charge on any atom is 0.0880 e. The normalized spacial score (nSPS) is 20.7. The molecule has 3 heteroatoms. The minimum Gasteiger partial charge on any atom is -0.366 e. The second-order valence-electron chi connectivity index (χ2n) is 4.76. The molecule has 0 radical (unpaired) electrons. The number of anilines is 2. The Hall–Kier alpha value is -0.890. The van der Waals surface area contributed by atoms with Crippen molar-refractivity contribution in [3.63, 3.8) is 0 Å². The van der Waals surface area contributed by atoms with E-state index in [0.29, 0.717) is 6.04 Å². The average molecular weight is 237 g/mol. The lowest BCUT2D eigenvalue weighted by Gasteiger charge is -2.32. The maximum absolute atomic E-state index is 6.07. The lowest BCUT2D eigenvalue weighted by molar-refractivity contribution is 0.422. The highest BCUT2D eigenvalue weighted by Crippen LogP contribution is 2.37. The van der Waals surface area contributed by atoms with Crippen LogP contribution < -0.4 is 10.2 Å². The van der Waals surface area contributed by atoms with Crippen LogP contribution in [0.15, 0.2) is 18.2 Å². The van der Waals surface area contributed by atoms with Crippen LogP contribution in [0.3, 0.4) is 0 Å². The molecule has 2 aliphatic rings. The lowest BCUT2D eigenvalue weighted by Crippen LogP contribution is -2.36. The van der Waals surface area contributed by atoms with Gasteiger partial charge in [-0.1, -0.05) is 30.9 Å². The molecule has 1 N–H and O–H groups in total. The van der Waals surface area contributed by atoms with Gasteiger partial charge in [0, 0.05) is 11.1 Å². The predicted octanol–water partition coefficient (Wildman–Crippen LogP) is 3.86. The Kier molecular flexibility index (Phi) is 2.68. The van der Waals surface area contributed by atoms with Crippen LogP contribution in [0.1, 0.15) is 32.1 Å². The first-order valence-electron chi connectivity index (χ1n) is 6.15. The van der Waals surface area contributed by atoms with Crippen LogP contribution in [0.4, 0.5) is 11.4 Å². The zero-order valence-electron chi connectivity index (χ0n) is 9.38. The van der Waals surface area contributed by atoms with Crippen molar-refractivity contribution in [1.82, 2.24) is 0 Å². The quantitative estimate of drug-likeness (QED) is 0.797. The third-order valence-corrected chi connectivity index (χ3v) is 3.96. The molecule has 0 aromatic heterocycles. The third kappa shape index (κ3) is 1.75. The minimum atomic E-state index is 0.709. The molecule has 1 heterocycles. The fourth-order valence-electron chi connectivity index (χ4n) is 2.87. The number of nitrogens with one attached hydrogen (secondary N) is 1. The molecule has 16 heavy (non-hydrogen) atoms. The zero-order chi connectivity index (χ0) is 11.0. The lowest BCUT2D eigenvalue weighted by atomic mass is 9.94. The number of fused-ring (bicyclic) bond motifs is 1. The summed E-state index contributed by atoms with van der Waals surface area (Å²) in [5, 5.41) is 4.28. The first-order valence-corrected chi connectivity index (χ1v) is 6.52. The highest BCUT2D eigenvalue weighted by atomic mass is 35.5. The second-order valence-corrected chi connectivity index (χ2v) is 5.19. The third-order valence-electron chi connectivity index (χ3n) is 3.72. The first-order chi connectivity index (χ1) is 7.84. The molecule has 86 valence electrons. The van der Waals surface area contributed by atoms with Crippen molar-refractivity contribution < 1.29 is 0 Å². The molecule has 1 aromatic carbocycles. The summed E-state index contributed by atoms with van der Waals surface area (Å²) in [6.07, 6.45) is 6.80. The number of hydrogen-bond donors (Lipinski definition) is 1. The standard InChI is InChI=1S/C13H17ClN2/c14-10-6-7-12-13(8-10)16(9-15-12)11-4-2-1-3-5-11/h6-8,11,15H,1-5,9H2. The summed E-state index contributed by atoms with van der Waals surface area (Å²) in [5.74, 6) is 0. The number of rotatable bonds is 1. The van der Waals surface area contributed by atoms with Gasteiger partial charge >= 0.3 is 0 Å². The summed E-state index contributed by atoms with van der Waals surface area (Å²) < 4.78 is 0. The zero-order valence-corrected chi connectivity index (χ0v) is 10.1. The van der Waals surface area contributed by atoms with Gasteiger partial charge in [0.25, 0.3) is 0 Å². The Bertz CT molecular complexity index is 386. The van der Waals surface area contributed by atoms with Crippen LogP contribution in [0, 0.1) is 0 Å². The molecule has 0 atom stereocenters. The molecule has 0 saturated heterocycles. The molecule has 0 unspecified atom stereocenters. The Morgan fingerprint density at radius 2 is 2.00 bits per heavy atom. The van der Waals surface area contributed by atoms with Gasteiger partial charge in [0.1, 0.15) is 0 Å². The van der Waals surface area contributed by atoms with Crippen molar-refractivity contribution in [3.05, 3.63) is 23.2 Å². The van der Waals surface area contributed by atoms with Gasteiger partial charge in [-0.2, -0.15) is 0 Å². The highest BCUT2D eigenvalue weighted by Gasteiger charge is 2.26. The van der Waals surface area contributed by atoms with E-state index in [4.69, 9.17) is 11.6 Å². The number of halogens is 1. The summed E-state index contributed by atoms with van der Waals surface area (Å²) in [6, 6.07) is 6.84. The monoisotopic (exact) mass is 236 g/mol. The Labute approximate surface area is 102 Å². The molecule has 1 saturated carbocycles. The van der Waals surface area contributed by atoms with E-state index < -0.39 is 0 Å². The van der Waals surface area contributed by atoms with Gasteiger partial charge in [-0.05, 0) is 31.0 Å². The van der Waals surface area contributed by atoms with Crippen molar-refractivity contribution in [2.24, 2.45) is 0 Å². The van der Waals surface area contributed by atoms with Gasteiger partial charge < -0.3 is 10.2 Å². The first kappa shape index (κ1) is 10.3. The number of hydrogen-bond acceptors (Lipinski definition) is 2. The SMILES string of the molecule is Clc1ccc2c(c1)N(C1CCCCC1)CN2. The molecule has 2 nitrogen and oxygen atoms in total. The summed E-state index contributed by atoms with van der Waals surface area (Å²) in [7, 11) is 0. The van der Waals surface area contributed by atoms with Gasteiger partial charge in [-0.15, -0.1) is 0 Å². The van der Waals surface area contributed by atoms with Crippen molar-refractivity contribution in [1.29, 1.82) is 0 Å². The minimum absolute atomic E-state index is 0.709. The molecular formula is C13H17ClN2. The molecule has 1 aliphatic heterocycles. The van der Waals surface area contributed by atoms with Crippen LogP contribution in [0.25, 0.3) is 0 Å². The highest BCUT2D eigenvalue weighted by molar-refractivity contribution is 6.31. The van der Waals surface area contributed by atoms with Crippen molar-refractivity contribution >= 4 is 23.0 Å². The van der Waals surface area contributed by atoms with E-state index in [1.807, 2.05) is 6.07 Å². The van der Waals surface area contributed by atoms with Gasteiger partial charge in [0.2, 0.25) is 0 Å². The van der Waals surface area contributed by atoms with E-state index in [1.165, 1.54) is 43.5 Å². The van der Waals surface area contributed by atoms with Gasteiger partial charge in [0.05, 0.1) is 18.0 Å². The smallest absolute Gasteiger partial charge is 0.0880 e. The molecule has 1 aromatic rings. The summed E-state index contributed by atoms with van der Waals surface area (Å²) in [5.41, 5.74) is 2.52. The molecule has 0 bridgehead atoms. The van der Waals surface area contributed by atoms with Gasteiger partial charge in [0.15, 0.2) is 0 Å². The molecule has 1 fully saturated rings. The Morgan fingerprint density at radius 1 is 1.19 bits per heavy atom. The van der Waals surface area contributed by atoms with E-state index in [0.717, 1.165) is 11.7 Å². The number of nitrogens with zero attached hydrogens (tertiary/aromatic N) is 1. The van der Waals surface area contributed by atoms with Crippen LogP contribution in [0.2, 0.25) is 5.02 Å². The fourth-order valence-corrected chi connectivity index (χ4v) is 3.03. The van der Waals surface area contributed by atoms with E-state index in [1.54, 1.807) is 0 Å². The molecule has 3 rings (SSSR count). The average Bonchev–Trinajstić information content (AvgIpc) is 2.73. The van der Waals surface area contributed by atoms with Crippen LogP contribution in [-0.2, 0) is 0 Å². The maximum atomic E-state index is 6.07. The topological polar surface area (TPSA) is 15.3 Å². The molecule has 0 amide bonds. The predicted molar refractivity (Wildman–Crippen MR) is 69.3 cm³/mol. The van der Waals surface area contributed by atoms with Crippen molar-refractivity contribution in [2.45, 2.75) is 38.1 Å². The fraction of sp³-hybridized carbons (Fsp3) is 0.538. The van der Waals surface area contributed by atoms with Gasteiger partial charge in [-0.3, -0.25) is 0 Å².